The molecule has 1 aliphatic rings. The molecule has 1 aromatic heterocycles. The molecule has 88 valence electrons. The number of carbonyl (C=O) groups is 1. The maximum Gasteiger partial charge on any atom is 0.224 e. The topological polar surface area (TPSA) is 41.1 Å². The molecule has 0 atom stereocenters. The van der Waals surface area contributed by atoms with Gasteiger partial charge in [0.1, 0.15) is 0 Å². The first-order valence-electron chi connectivity index (χ1n) is 5.83. The van der Waals surface area contributed by atoms with Crippen LogP contribution >= 0.6 is 11.3 Å². The molecule has 0 aliphatic carbocycles. The van der Waals surface area contributed by atoms with Crippen LogP contribution in [0.25, 0.3) is 0 Å². The lowest BCUT2D eigenvalue weighted by molar-refractivity contribution is -0.120. The molecule has 2 heterocycles. The Hall–Kier alpha value is -0.870. The van der Waals surface area contributed by atoms with E-state index in [0.29, 0.717) is 12.3 Å². The van der Waals surface area contributed by atoms with Crippen molar-refractivity contribution in [3.63, 3.8) is 0 Å². The summed E-state index contributed by atoms with van der Waals surface area (Å²) >= 11 is 1.64. The SMILES string of the molecule is O=C(Cc1ccsc1)NCC1CCNCC1. The Balaban J connectivity index is 1.67. The van der Waals surface area contributed by atoms with Crippen molar-refractivity contribution in [2.75, 3.05) is 19.6 Å². The Kier molecular flexibility index (Phi) is 4.36. The van der Waals surface area contributed by atoms with Gasteiger partial charge in [0.05, 0.1) is 6.42 Å². The van der Waals surface area contributed by atoms with Crippen LogP contribution in [0.5, 0.6) is 0 Å². The quantitative estimate of drug-likeness (QED) is 0.832. The highest BCUT2D eigenvalue weighted by Crippen LogP contribution is 2.10. The van der Waals surface area contributed by atoms with Gasteiger partial charge >= 0.3 is 0 Å². The van der Waals surface area contributed by atoms with Crippen LogP contribution in [0.4, 0.5) is 0 Å². The molecule has 0 spiro atoms. The summed E-state index contributed by atoms with van der Waals surface area (Å²) in [5, 5.41) is 10.4. The lowest BCUT2D eigenvalue weighted by Crippen LogP contribution is -2.36. The Bertz CT molecular complexity index is 318. The van der Waals surface area contributed by atoms with Crippen LogP contribution in [0.1, 0.15) is 18.4 Å². The molecule has 2 N–H and O–H groups in total. The van der Waals surface area contributed by atoms with Gasteiger partial charge in [0, 0.05) is 6.54 Å². The van der Waals surface area contributed by atoms with Gasteiger partial charge in [-0.2, -0.15) is 11.3 Å². The molecule has 0 bridgehead atoms. The Morgan fingerprint density at radius 3 is 3.00 bits per heavy atom. The minimum atomic E-state index is 0.150. The molecule has 16 heavy (non-hydrogen) atoms. The van der Waals surface area contributed by atoms with Gasteiger partial charge in [0.25, 0.3) is 0 Å². The van der Waals surface area contributed by atoms with Crippen molar-refractivity contribution in [3.05, 3.63) is 22.4 Å². The van der Waals surface area contributed by atoms with Crippen molar-refractivity contribution < 1.29 is 4.79 Å². The van der Waals surface area contributed by atoms with E-state index < -0.39 is 0 Å². The molecule has 1 amide bonds. The molecule has 1 saturated heterocycles. The predicted octanol–water partition coefficient (Wildman–Crippen LogP) is 1.41. The van der Waals surface area contributed by atoms with E-state index in [1.54, 1.807) is 11.3 Å². The molecule has 0 saturated carbocycles. The molecule has 4 heteroatoms. The van der Waals surface area contributed by atoms with E-state index in [-0.39, 0.29) is 5.91 Å². The number of piperidine rings is 1. The zero-order chi connectivity index (χ0) is 11.2. The van der Waals surface area contributed by atoms with Crippen LogP contribution in [0.3, 0.4) is 0 Å². The second kappa shape index (κ2) is 6.01. The van der Waals surface area contributed by atoms with Crippen molar-refractivity contribution in [2.24, 2.45) is 5.92 Å². The summed E-state index contributed by atoms with van der Waals surface area (Å²) in [6, 6.07) is 2.01. The third kappa shape index (κ3) is 3.61. The van der Waals surface area contributed by atoms with Crippen LogP contribution in [-0.2, 0) is 11.2 Å². The fourth-order valence-electron chi connectivity index (χ4n) is 1.99. The number of rotatable bonds is 4. The van der Waals surface area contributed by atoms with E-state index in [1.165, 1.54) is 12.8 Å². The standard InChI is InChI=1S/C12H18N2OS/c15-12(7-11-3-6-16-9-11)14-8-10-1-4-13-5-2-10/h3,6,9-10,13H,1-2,4-5,7-8H2,(H,14,15). The summed E-state index contributed by atoms with van der Waals surface area (Å²) in [6.07, 6.45) is 2.88. The first kappa shape index (κ1) is 11.6. The van der Waals surface area contributed by atoms with E-state index in [2.05, 4.69) is 10.6 Å². The van der Waals surface area contributed by atoms with Crippen LogP contribution in [0, 0.1) is 5.92 Å². The normalized spacial score (nSPS) is 17.2. The van der Waals surface area contributed by atoms with E-state index in [0.717, 1.165) is 25.2 Å². The van der Waals surface area contributed by atoms with Gasteiger partial charge < -0.3 is 10.6 Å². The van der Waals surface area contributed by atoms with E-state index in [1.807, 2.05) is 16.8 Å². The zero-order valence-electron chi connectivity index (χ0n) is 9.37. The Labute approximate surface area is 100 Å². The van der Waals surface area contributed by atoms with Crippen LogP contribution in [-0.4, -0.2) is 25.5 Å². The highest BCUT2D eigenvalue weighted by atomic mass is 32.1. The fourth-order valence-corrected chi connectivity index (χ4v) is 2.65. The highest BCUT2D eigenvalue weighted by molar-refractivity contribution is 7.07. The zero-order valence-corrected chi connectivity index (χ0v) is 10.2. The summed E-state index contributed by atoms with van der Waals surface area (Å²) in [6.45, 7) is 3.01. The van der Waals surface area contributed by atoms with Crippen molar-refractivity contribution in [1.82, 2.24) is 10.6 Å². The minimum absolute atomic E-state index is 0.150. The number of carbonyl (C=O) groups excluding carboxylic acids is 1. The van der Waals surface area contributed by atoms with Crippen LogP contribution < -0.4 is 10.6 Å². The molecular formula is C12H18N2OS. The first-order valence-corrected chi connectivity index (χ1v) is 6.77. The summed E-state index contributed by atoms with van der Waals surface area (Å²) in [7, 11) is 0. The summed E-state index contributed by atoms with van der Waals surface area (Å²) < 4.78 is 0. The lowest BCUT2D eigenvalue weighted by Gasteiger charge is -2.22. The minimum Gasteiger partial charge on any atom is -0.356 e. The van der Waals surface area contributed by atoms with Crippen molar-refractivity contribution in [3.8, 4) is 0 Å². The summed E-state index contributed by atoms with van der Waals surface area (Å²) in [5.74, 6) is 0.810. The maximum absolute atomic E-state index is 11.6. The van der Waals surface area contributed by atoms with Gasteiger partial charge in [-0.25, -0.2) is 0 Å². The van der Waals surface area contributed by atoms with Crippen molar-refractivity contribution >= 4 is 17.2 Å². The molecule has 3 nitrogen and oxygen atoms in total. The number of hydrogen-bond acceptors (Lipinski definition) is 3. The summed E-state index contributed by atoms with van der Waals surface area (Å²) in [5.41, 5.74) is 1.12. The Morgan fingerprint density at radius 2 is 2.31 bits per heavy atom. The first-order chi connectivity index (χ1) is 7.84. The smallest absolute Gasteiger partial charge is 0.224 e. The maximum atomic E-state index is 11.6. The van der Waals surface area contributed by atoms with E-state index >= 15 is 0 Å². The van der Waals surface area contributed by atoms with Gasteiger partial charge in [-0.1, -0.05) is 0 Å². The van der Waals surface area contributed by atoms with Gasteiger partial charge in [0.2, 0.25) is 5.91 Å². The average Bonchev–Trinajstić information content (AvgIpc) is 2.81. The molecule has 1 aromatic rings. The van der Waals surface area contributed by atoms with Crippen molar-refractivity contribution in [2.45, 2.75) is 19.3 Å². The second-order valence-electron chi connectivity index (χ2n) is 4.31. The molecule has 1 aliphatic heterocycles. The van der Waals surface area contributed by atoms with Gasteiger partial charge in [-0.3, -0.25) is 4.79 Å². The third-order valence-electron chi connectivity index (χ3n) is 2.99. The lowest BCUT2D eigenvalue weighted by atomic mass is 9.98. The largest absolute Gasteiger partial charge is 0.356 e. The second-order valence-corrected chi connectivity index (χ2v) is 5.09. The average molecular weight is 238 g/mol. The van der Waals surface area contributed by atoms with E-state index in [4.69, 9.17) is 0 Å². The third-order valence-corrected chi connectivity index (χ3v) is 3.72. The predicted molar refractivity (Wildman–Crippen MR) is 66.6 cm³/mol. The molecule has 0 aromatic carbocycles. The number of hydrogen-bond donors (Lipinski definition) is 2. The molecule has 2 rings (SSSR count). The van der Waals surface area contributed by atoms with Gasteiger partial charge in [-0.05, 0) is 54.2 Å². The molecular weight excluding hydrogens is 220 g/mol. The summed E-state index contributed by atoms with van der Waals surface area (Å²) in [4.78, 5) is 11.6. The van der Waals surface area contributed by atoms with Crippen molar-refractivity contribution in [1.29, 1.82) is 0 Å². The Morgan fingerprint density at radius 1 is 1.50 bits per heavy atom. The monoisotopic (exact) mass is 238 g/mol. The van der Waals surface area contributed by atoms with Gasteiger partial charge in [-0.15, -0.1) is 0 Å². The van der Waals surface area contributed by atoms with E-state index in [9.17, 15) is 4.79 Å². The number of amides is 1. The molecule has 1 fully saturated rings. The number of thiophene rings is 1. The van der Waals surface area contributed by atoms with Crippen LogP contribution in [0.15, 0.2) is 16.8 Å². The highest BCUT2D eigenvalue weighted by Gasteiger charge is 2.13. The van der Waals surface area contributed by atoms with Crippen LogP contribution in [0.2, 0.25) is 0 Å². The van der Waals surface area contributed by atoms with Gasteiger partial charge in [0.15, 0.2) is 0 Å². The number of nitrogens with one attached hydrogen (secondary N) is 2. The molecule has 0 unspecified atom stereocenters. The fraction of sp³-hybridized carbons (Fsp3) is 0.583. The molecule has 0 radical (unpaired) electrons.